The summed E-state index contributed by atoms with van der Waals surface area (Å²) in [5, 5.41) is 12.1. The zero-order valence-electron chi connectivity index (χ0n) is 13.4. The summed E-state index contributed by atoms with van der Waals surface area (Å²) in [6.07, 6.45) is 8.44. The fraction of sp³-hybridized carbons (Fsp3) is 0.500. The number of unbranched alkanes of at least 4 members (excludes halogenated alkanes) is 2. The van der Waals surface area contributed by atoms with E-state index in [1.54, 1.807) is 6.20 Å². The Kier molecular flexibility index (Phi) is 6.04. The lowest BCUT2D eigenvalue weighted by Gasteiger charge is -2.30. The molecule has 0 fully saturated rings. The molecule has 0 saturated carbocycles. The Balaban J connectivity index is 2.46. The number of benzene rings is 1. The van der Waals surface area contributed by atoms with Crippen molar-refractivity contribution in [3.05, 3.63) is 53.1 Å². The van der Waals surface area contributed by atoms with Gasteiger partial charge in [-0.15, -0.1) is 0 Å². The van der Waals surface area contributed by atoms with Gasteiger partial charge < -0.3 is 9.67 Å². The molecule has 0 aliphatic carbocycles. The van der Waals surface area contributed by atoms with E-state index in [2.05, 4.69) is 23.4 Å². The second-order valence-corrected chi connectivity index (χ2v) is 6.15. The second-order valence-electron chi connectivity index (χ2n) is 5.74. The van der Waals surface area contributed by atoms with E-state index in [4.69, 9.17) is 11.6 Å². The van der Waals surface area contributed by atoms with Gasteiger partial charge in [0.25, 0.3) is 0 Å². The van der Waals surface area contributed by atoms with Crippen LogP contribution in [0.15, 0.2) is 36.7 Å². The quantitative estimate of drug-likeness (QED) is 0.761. The van der Waals surface area contributed by atoms with Crippen molar-refractivity contribution in [3.8, 4) is 0 Å². The van der Waals surface area contributed by atoms with Crippen LogP contribution in [-0.2, 0) is 12.1 Å². The Labute approximate surface area is 138 Å². The molecule has 1 unspecified atom stereocenters. The van der Waals surface area contributed by atoms with Crippen LogP contribution in [0.2, 0.25) is 5.02 Å². The van der Waals surface area contributed by atoms with Gasteiger partial charge in [-0.25, -0.2) is 4.98 Å². The molecular weight excluding hydrogens is 296 g/mol. The third-order valence-electron chi connectivity index (χ3n) is 4.05. The van der Waals surface area contributed by atoms with E-state index in [9.17, 15) is 5.11 Å². The molecule has 4 heteroatoms. The fourth-order valence-electron chi connectivity index (χ4n) is 2.78. The summed E-state index contributed by atoms with van der Waals surface area (Å²) in [6.45, 7) is 5.15. The molecule has 0 amide bonds. The van der Waals surface area contributed by atoms with Crippen LogP contribution in [0.4, 0.5) is 0 Å². The standard InChI is InChI=1S/C18H25ClN2O/c1-3-5-11-18(22,15-9-7-8-10-16(15)19)17-20-12-14-21(17)13-6-4-2/h7-10,12,14,22H,3-6,11,13H2,1-2H3. The topological polar surface area (TPSA) is 38.0 Å². The zero-order chi connectivity index (χ0) is 16.0. The number of halogens is 1. The van der Waals surface area contributed by atoms with Crippen LogP contribution in [0.25, 0.3) is 0 Å². The molecule has 1 aromatic heterocycles. The van der Waals surface area contributed by atoms with Crippen molar-refractivity contribution in [2.45, 2.75) is 58.1 Å². The summed E-state index contributed by atoms with van der Waals surface area (Å²) in [5.74, 6) is 0.697. The minimum atomic E-state index is -1.13. The third kappa shape index (κ3) is 3.53. The zero-order valence-corrected chi connectivity index (χ0v) is 14.2. The molecule has 1 atom stereocenters. The second kappa shape index (κ2) is 7.80. The van der Waals surface area contributed by atoms with Crippen molar-refractivity contribution >= 4 is 11.6 Å². The predicted molar refractivity (Wildman–Crippen MR) is 91.1 cm³/mol. The third-order valence-corrected chi connectivity index (χ3v) is 4.38. The van der Waals surface area contributed by atoms with E-state index >= 15 is 0 Å². The molecular formula is C18H25ClN2O. The highest BCUT2D eigenvalue weighted by Gasteiger charge is 2.36. The highest BCUT2D eigenvalue weighted by molar-refractivity contribution is 6.31. The molecule has 0 aliphatic rings. The molecule has 0 aliphatic heterocycles. The Hall–Kier alpha value is -1.32. The Morgan fingerprint density at radius 3 is 2.59 bits per heavy atom. The van der Waals surface area contributed by atoms with Crippen molar-refractivity contribution in [1.29, 1.82) is 0 Å². The molecule has 0 spiro atoms. The van der Waals surface area contributed by atoms with Gasteiger partial charge in [-0.1, -0.05) is 62.9 Å². The van der Waals surface area contributed by atoms with Gasteiger partial charge >= 0.3 is 0 Å². The SMILES string of the molecule is CCCCn1ccnc1C(O)(CCCC)c1ccccc1Cl. The maximum atomic E-state index is 11.5. The Bertz CT molecular complexity index is 596. The average Bonchev–Trinajstić information content (AvgIpc) is 3.00. The van der Waals surface area contributed by atoms with Crippen LogP contribution in [0.1, 0.15) is 57.3 Å². The van der Waals surface area contributed by atoms with E-state index in [-0.39, 0.29) is 0 Å². The van der Waals surface area contributed by atoms with E-state index in [1.807, 2.05) is 30.5 Å². The maximum Gasteiger partial charge on any atom is 0.149 e. The van der Waals surface area contributed by atoms with Crippen molar-refractivity contribution in [2.75, 3.05) is 0 Å². The summed E-state index contributed by atoms with van der Waals surface area (Å²) in [6, 6.07) is 7.52. The van der Waals surface area contributed by atoms with Crippen LogP contribution in [0.3, 0.4) is 0 Å². The predicted octanol–water partition coefficient (Wildman–Crippen LogP) is 4.76. The molecule has 2 aromatic rings. The van der Waals surface area contributed by atoms with Crippen molar-refractivity contribution in [1.82, 2.24) is 9.55 Å². The summed E-state index contributed by atoms with van der Waals surface area (Å²) >= 11 is 6.36. The van der Waals surface area contributed by atoms with Gasteiger partial charge in [0.1, 0.15) is 11.4 Å². The molecule has 22 heavy (non-hydrogen) atoms. The minimum Gasteiger partial charge on any atom is -0.377 e. The van der Waals surface area contributed by atoms with Gasteiger partial charge in [-0.2, -0.15) is 0 Å². The smallest absolute Gasteiger partial charge is 0.149 e. The van der Waals surface area contributed by atoms with Gasteiger partial charge in [0.15, 0.2) is 0 Å². The van der Waals surface area contributed by atoms with Crippen LogP contribution in [0, 0.1) is 0 Å². The molecule has 2 rings (SSSR count). The number of aromatic nitrogens is 2. The van der Waals surface area contributed by atoms with Crippen molar-refractivity contribution < 1.29 is 5.11 Å². The molecule has 3 nitrogen and oxygen atoms in total. The molecule has 0 saturated heterocycles. The first-order chi connectivity index (χ1) is 10.6. The summed E-state index contributed by atoms with van der Waals surface area (Å²) in [5.41, 5.74) is -0.389. The van der Waals surface area contributed by atoms with Gasteiger partial charge in [0, 0.05) is 29.5 Å². The van der Waals surface area contributed by atoms with Gasteiger partial charge in [0.05, 0.1) is 0 Å². The largest absolute Gasteiger partial charge is 0.377 e. The first-order valence-corrected chi connectivity index (χ1v) is 8.50. The Morgan fingerprint density at radius 2 is 1.91 bits per heavy atom. The van der Waals surface area contributed by atoms with Gasteiger partial charge in [-0.05, 0) is 18.9 Å². The van der Waals surface area contributed by atoms with E-state index in [0.29, 0.717) is 17.3 Å². The molecule has 0 bridgehead atoms. The van der Waals surface area contributed by atoms with Crippen LogP contribution >= 0.6 is 11.6 Å². The maximum absolute atomic E-state index is 11.5. The van der Waals surface area contributed by atoms with Crippen LogP contribution in [0.5, 0.6) is 0 Å². The number of hydrogen-bond donors (Lipinski definition) is 1. The van der Waals surface area contributed by atoms with E-state index in [1.165, 1.54) is 0 Å². The number of hydrogen-bond acceptors (Lipinski definition) is 2. The molecule has 1 heterocycles. The average molecular weight is 321 g/mol. The summed E-state index contributed by atoms with van der Waals surface area (Å²) in [4.78, 5) is 4.47. The molecule has 1 aromatic carbocycles. The van der Waals surface area contributed by atoms with Crippen molar-refractivity contribution in [2.24, 2.45) is 0 Å². The van der Waals surface area contributed by atoms with Crippen LogP contribution < -0.4 is 0 Å². The highest BCUT2D eigenvalue weighted by atomic mass is 35.5. The van der Waals surface area contributed by atoms with Crippen LogP contribution in [-0.4, -0.2) is 14.7 Å². The number of imidazole rings is 1. The van der Waals surface area contributed by atoms with E-state index in [0.717, 1.165) is 37.8 Å². The van der Waals surface area contributed by atoms with Crippen molar-refractivity contribution in [3.63, 3.8) is 0 Å². The molecule has 120 valence electrons. The Morgan fingerprint density at radius 1 is 1.18 bits per heavy atom. The molecule has 0 radical (unpaired) electrons. The first-order valence-electron chi connectivity index (χ1n) is 8.12. The lowest BCUT2D eigenvalue weighted by molar-refractivity contribution is 0.0553. The number of aliphatic hydroxyl groups is 1. The van der Waals surface area contributed by atoms with Gasteiger partial charge in [-0.3, -0.25) is 0 Å². The van der Waals surface area contributed by atoms with E-state index < -0.39 is 5.60 Å². The monoisotopic (exact) mass is 320 g/mol. The first kappa shape index (κ1) is 17.0. The number of aryl methyl sites for hydroxylation is 1. The lowest BCUT2D eigenvalue weighted by Crippen LogP contribution is -2.31. The minimum absolute atomic E-state index is 0.589. The summed E-state index contributed by atoms with van der Waals surface area (Å²) < 4.78 is 2.06. The van der Waals surface area contributed by atoms with Gasteiger partial charge in [0.2, 0.25) is 0 Å². The normalized spacial score (nSPS) is 14.0. The lowest BCUT2D eigenvalue weighted by atomic mass is 9.87. The number of nitrogens with zero attached hydrogens (tertiary/aromatic N) is 2. The summed E-state index contributed by atoms with van der Waals surface area (Å²) in [7, 11) is 0. The number of rotatable bonds is 8. The molecule has 1 N–H and O–H groups in total. The fourth-order valence-corrected chi connectivity index (χ4v) is 3.07. The highest BCUT2D eigenvalue weighted by Crippen LogP contribution is 2.37.